The Morgan fingerprint density at radius 1 is 1.12 bits per heavy atom. The predicted octanol–water partition coefficient (Wildman–Crippen LogP) is 1.91. The van der Waals surface area contributed by atoms with E-state index < -0.39 is 0 Å². The molecule has 1 fully saturated rings. The number of anilines is 2. The molecular weight excluding hydrogens is 234 g/mol. The highest BCUT2D eigenvalue weighted by molar-refractivity contribution is 7.99. The molecule has 1 aromatic carbocycles. The van der Waals surface area contributed by atoms with Crippen LogP contribution >= 0.6 is 11.9 Å². The quantitative estimate of drug-likeness (QED) is 0.657. The van der Waals surface area contributed by atoms with E-state index in [0.717, 1.165) is 31.9 Å². The molecule has 1 N–H and O–H groups in total. The predicted molar refractivity (Wildman–Crippen MR) is 73.9 cm³/mol. The minimum atomic E-state index is 0.815. The van der Waals surface area contributed by atoms with Crippen LogP contribution in [0, 0.1) is 0 Å². The summed E-state index contributed by atoms with van der Waals surface area (Å²) < 4.78 is 1.17. The molecule has 1 aromatic rings. The molecule has 5 heteroatoms. The third-order valence-electron chi connectivity index (χ3n) is 3.11. The highest BCUT2D eigenvalue weighted by Gasteiger charge is 2.14. The molecule has 1 saturated heterocycles. The molecule has 0 radical (unpaired) electrons. The van der Waals surface area contributed by atoms with E-state index in [2.05, 4.69) is 29.0 Å². The first kappa shape index (κ1) is 12.5. The largest absolute Gasteiger partial charge is 0.369 e. The summed E-state index contributed by atoms with van der Waals surface area (Å²) in [5.74, 6) is 0. The summed E-state index contributed by atoms with van der Waals surface area (Å²) in [7, 11) is 2.16. The molecule has 94 valence electrons. The van der Waals surface area contributed by atoms with E-state index in [0.29, 0.717) is 0 Å². The van der Waals surface area contributed by atoms with Gasteiger partial charge in [-0.15, -0.1) is 0 Å². The number of hydrogen-bond acceptors (Lipinski definition) is 5. The van der Waals surface area contributed by atoms with Gasteiger partial charge < -0.3 is 9.80 Å². The monoisotopic (exact) mass is 253 g/mol. The van der Waals surface area contributed by atoms with E-state index in [1.807, 2.05) is 18.4 Å². The standard InChI is InChI=1S/C12H19N3OS/c1-13-7-9-14(10-8-13)11-3-5-12(6-4-11)15(16)17-2/h3-6,16H,7-10H2,1-2H3. The zero-order valence-corrected chi connectivity index (χ0v) is 11.2. The molecule has 0 spiro atoms. The van der Waals surface area contributed by atoms with E-state index in [1.54, 1.807) is 0 Å². The summed E-state index contributed by atoms with van der Waals surface area (Å²) >= 11 is 1.29. The molecular formula is C12H19N3OS. The molecule has 2 rings (SSSR count). The van der Waals surface area contributed by atoms with Crippen LogP contribution in [0.15, 0.2) is 24.3 Å². The number of nitrogens with zero attached hydrogens (tertiary/aromatic N) is 3. The second-order valence-corrected chi connectivity index (χ2v) is 4.97. The van der Waals surface area contributed by atoms with Crippen LogP contribution in [-0.4, -0.2) is 49.6 Å². The maximum atomic E-state index is 9.54. The van der Waals surface area contributed by atoms with Gasteiger partial charge in [0.25, 0.3) is 0 Å². The minimum Gasteiger partial charge on any atom is -0.369 e. The molecule has 17 heavy (non-hydrogen) atoms. The first-order valence-corrected chi connectivity index (χ1v) is 6.95. The second-order valence-electron chi connectivity index (χ2n) is 4.26. The van der Waals surface area contributed by atoms with E-state index in [9.17, 15) is 5.21 Å². The van der Waals surface area contributed by atoms with Crippen LogP contribution in [0.25, 0.3) is 0 Å². The highest BCUT2D eigenvalue weighted by Crippen LogP contribution is 2.23. The van der Waals surface area contributed by atoms with Crippen molar-refractivity contribution in [3.8, 4) is 0 Å². The van der Waals surface area contributed by atoms with Crippen molar-refractivity contribution in [2.75, 3.05) is 48.9 Å². The second kappa shape index (κ2) is 5.62. The van der Waals surface area contributed by atoms with E-state index in [4.69, 9.17) is 0 Å². The summed E-state index contributed by atoms with van der Waals surface area (Å²) in [5.41, 5.74) is 2.05. The number of benzene rings is 1. The average molecular weight is 253 g/mol. The Morgan fingerprint density at radius 3 is 2.24 bits per heavy atom. The van der Waals surface area contributed by atoms with Gasteiger partial charge in [-0.25, -0.2) is 0 Å². The first-order valence-electron chi connectivity index (χ1n) is 5.77. The number of piperazine rings is 1. The third-order valence-corrected chi connectivity index (χ3v) is 3.67. The van der Waals surface area contributed by atoms with Crippen LogP contribution in [0.5, 0.6) is 0 Å². The zero-order chi connectivity index (χ0) is 12.3. The van der Waals surface area contributed by atoms with Gasteiger partial charge in [0.15, 0.2) is 0 Å². The fraction of sp³-hybridized carbons (Fsp3) is 0.500. The van der Waals surface area contributed by atoms with Gasteiger partial charge >= 0.3 is 0 Å². The Morgan fingerprint density at radius 2 is 1.71 bits per heavy atom. The number of hydrogen-bond donors (Lipinski definition) is 1. The van der Waals surface area contributed by atoms with Gasteiger partial charge in [0.05, 0.1) is 5.69 Å². The van der Waals surface area contributed by atoms with Crippen molar-refractivity contribution >= 4 is 23.3 Å². The molecule has 1 aliphatic heterocycles. The minimum absolute atomic E-state index is 0.815. The van der Waals surface area contributed by atoms with Crippen molar-refractivity contribution in [2.24, 2.45) is 0 Å². The van der Waals surface area contributed by atoms with Crippen molar-refractivity contribution in [1.82, 2.24) is 4.90 Å². The van der Waals surface area contributed by atoms with Crippen LogP contribution in [0.1, 0.15) is 0 Å². The zero-order valence-electron chi connectivity index (χ0n) is 10.3. The number of likely N-dealkylation sites (N-methyl/N-ethyl adjacent to an activating group) is 1. The van der Waals surface area contributed by atoms with E-state index in [-0.39, 0.29) is 0 Å². The Labute approximate surface area is 107 Å². The average Bonchev–Trinajstić information content (AvgIpc) is 2.39. The van der Waals surface area contributed by atoms with Gasteiger partial charge in [0.1, 0.15) is 0 Å². The van der Waals surface area contributed by atoms with Gasteiger partial charge in [0.2, 0.25) is 0 Å². The molecule has 0 amide bonds. The lowest BCUT2D eigenvalue weighted by atomic mass is 10.2. The van der Waals surface area contributed by atoms with Crippen molar-refractivity contribution in [3.63, 3.8) is 0 Å². The molecule has 0 aliphatic carbocycles. The van der Waals surface area contributed by atoms with Crippen LogP contribution in [0.3, 0.4) is 0 Å². The van der Waals surface area contributed by atoms with Gasteiger partial charge in [-0.1, -0.05) is 0 Å². The Bertz CT molecular complexity index is 349. The Hall–Kier alpha value is -0.910. The lowest BCUT2D eigenvalue weighted by Gasteiger charge is -2.34. The van der Waals surface area contributed by atoms with Crippen LogP contribution in [0.4, 0.5) is 11.4 Å². The van der Waals surface area contributed by atoms with Gasteiger partial charge in [-0.2, -0.15) is 4.47 Å². The lowest BCUT2D eigenvalue weighted by molar-refractivity contribution is 0.313. The molecule has 4 nitrogen and oxygen atoms in total. The van der Waals surface area contributed by atoms with Crippen molar-refractivity contribution in [3.05, 3.63) is 24.3 Å². The summed E-state index contributed by atoms with van der Waals surface area (Å²) in [6.07, 6.45) is 1.84. The van der Waals surface area contributed by atoms with Gasteiger partial charge in [-0.3, -0.25) is 5.21 Å². The van der Waals surface area contributed by atoms with E-state index >= 15 is 0 Å². The maximum Gasteiger partial charge on any atom is 0.0765 e. The third kappa shape index (κ3) is 3.06. The molecule has 1 aliphatic rings. The summed E-state index contributed by atoms with van der Waals surface area (Å²) in [6, 6.07) is 8.04. The lowest BCUT2D eigenvalue weighted by Crippen LogP contribution is -2.44. The fourth-order valence-corrected chi connectivity index (χ4v) is 2.29. The van der Waals surface area contributed by atoms with Crippen molar-refractivity contribution in [1.29, 1.82) is 0 Å². The molecule has 0 saturated carbocycles. The van der Waals surface area contributed by atoms with Gasteiger partial charge in [-0.05, 0) is 43.3 Å². The molecule has 0 atom stereocenters. The SMILES string of the molecule is CSN(O)c1ccc(N2CCN(C)CC2)cc1. The first-order chi connectivity index (χ1) is 8.20. The van der Waals surface area contributed by atoms with Crippen LogP contribution < -0.4 is 9.37 Å². The smallest absolute Gasteiger partial charge is 0.0765 e. The summed E-state index contributed by atoms with van der Waals surface area (Å²) in [5, 5.41) is 9.54. The normalized spacial score (nSPS) is 17.2. The van der Waals surface area contributed by atoms with Crippen molar-refractivity contribution in [2.45, 2.75) is 0 Å². The molecule has 1 heterocycles. The summed E-state index contributed by atoms with van der Waals surface area (Å²) in [6.45, 7) is 4.36. The fourth-order valence-electron chi connectivity index (χ4n) is 1.96. The summed E-state index contributed by atoms with van der Waals surface area (Å²) in [4.78, 5) is 4.72. The Balaban J connectivity index is 2.02. The van der Waals surface area contributed by atoms with Crippen LogP contribution in [-0.2, 0) is 0 Å². The highest BCUT2D eigenvalue weighted by atomic mass is 32.2. The van der Waals surface area contributed by atoms with Crippen molar-refractivity contribution < 1.29 is 5.21 Å². The number of rotatable bonds is 3. The van der Waals surface area contributed by atoms with Gasteiger partial charge in [0, 0.05) is 38.1 Å². The topological polar surface area (TPSA) is 30.0 Å². The maximum absolute atomic E-state index is 9.54. The molecule has 0 unspecified atom stereocenters. The Kier molecular flexibility index (Phi) is 4.15. The molecule has 0 aromatic heterocycles. The van der Waals surface area contributed by atoms with E-state index in [1.165, 1.54) is 22.1 Å². The molecule has 0 bridgehead atoms. The van der Waals surface area contributed by atoms with Crippen LogP contribution in [0.2, 0.25) is 0 Å².